The maximum Gasteiger partial charge on any atom is 0.373 e. The fourth-order valence-corrected chi connectivity index (χ4v) is 1.37. The molecule has 74 valence electrons. The summed E-state index contributed by atoms with van der Waals surface area (Å²) in [5.41, 5.74) is 0. The van der Waals surface area contributed by atoms with Crippen molar-refractivity contribution in [1.29, 1.82) is 5.26 Å². The van der Waals surface area contributed by atoms with E-state index in [-0.39, 0.29) is 0 Å². The molecule has 0 aliphatic heterocycles. The van der Waals surface area contributed by atoms with Crippen LogP contribution in [0.2, 0.25) is 6.82 Å². The molecule has 1 atom stereocenters. The van der Waals surface area contributed by atoms with E-state index in [4.69, 9.17) is 10.3 Å². The maximum absolute atomic E-state index is 9.01. The average molecular weight is 182 g/mol. The summed E-state index contributed by atoms with van der Waals surface area (Å²) >= 11 is 0. The van der Waals surface area contributed by atoms with Crippen LogP contribution >= 0.6 is 0 Å². The molecule has 1 unspecified atom stereocenters. The summed E-state index contributed by atoms with van der Waals surface area (Å²) in [6.07, 6.45) is 1.60. The molecule has 2 N–H and O–H groups in total. The van der Waals surface area contributed by atoms with E-state index in [2.05, 4.69) is 25.1 Å². The van der Waals surface area contributed by atoms with Crippen LogP contribution in [0.15, 0.2) is 0 Å². The Hall–Kier alpha value is -0.525. The Kier molecular flexibility index (Phi) is 6.65. The zero-order valence-corrected chi connectivity index (χ0v) is 8.75. The quantitative estimate of drug-likeness (QED) is 0.608. The Morgan fingerprint density at radius 2 is 2.15 bits per heavy atom. The first-order chi connectivity index (χ1) is 6.06. The van der Waals surface area contributed by atoms with E-state index in [9.17, 15) is 0 Å². The molecule has 0 aromatic carbocycles. The van der Waals surface area contributed by atoms with Crippen molar-refractivity contribution in [3.8, 4) is 6.07 Å². The van der Waals surface area contributed by atoms with Crippen LogP contribution in [0.3, 0.4) is 0 Å². The van der Waals surface area contributed by atoms with E-state index in [0.717, 1.165) is 13.0 Å². The number of nitrogens with zero attached hydrogens (tertiary/aromatic N) is 1. The lowest BCUT2D eigenvalue weighted by Gasteiger charge is -2.16. The lowest BCUT2D eigenvalue weighted by Crippen LogP contribution is -2.35. The first-order valence-electron chi connectivity index (χ1n) is 4.84. The molecule has 3 nitrogen and oxygen atoms in total. The maximum atomic E-state index is 9.01. The van der Waals surface area contributed by atoms with Gasteiger partial charge in [-0.2, -0.15) is 5.26 Å². The molecule has 0 fully saturated rings. The first-order valence-corrected chi connectivity index (χ1v) is 4.84. The van der Waals surface area contributed by atoms with Gasteiger partial charge in [0.05, 0.1) is 6.07 Å². The molecule has 0 spiro atoms. The molecule has 0 saturated heterocycles. The van der Waals surface area contributed by atoms with Crippen LogP contribution in [0, 0.1) is 23.2 Å². The largest absolute Gasteiger partial charge is 0.437 e. The zero-order chi connectivity index (χ0) is 10.3. The highest BCUT2D eigenvalue weighted by atomic mass is 16.2. The molecule has 4 heteroatoms. The number of nitrogens with one attached hydrogen (secondary N) is 1. The van der Waals surface area contributed by atoms with Gasteiger partial charge in [-0.25, -0.2) is 0 Å². The summed E-state index contributed by atoms with van der Waals surface area (Å²) in [6, 6.07) is 2.18. The minimum Gasteiger partial charge on any atom is -0.437 e. The van der Waals surface area contributed by atoms with Gasteiger partial charge in [0.25, 0.3) is 0 Å². The lowest BCUT2D eigenvalue weighted by atomic mass is 9.86. The third kappa shape index (κ3) is 7.82. The third-order valence-electron chi connectivity index (χ3n) is 1.89. The Morgan fingerprint density at radius 3 is 2.54 bits per heavy atom. The number of rotatable bonds is 6. The molecule has 0 aliphatic rings. The van der Waals surface area contributed by atoms with Crippen molar-refractivity contribution >= 4 is 7.05 Å². The molecule has 0 saturated carbocycles. The molecule has 0 aromatic rings. The Morgan fingerprint density at radius 1 is 1.54 bits per heavy atom. The predicted octanol–water partition coefficient (Wildman–Crippen LogP) is 1.26. The van der Waals surface area contributed by atoms with Crippen LogP contribution in [0.5, 0.6) is 0 Å². The van der Waals surface area contributed by atoms with Crippen molar-refractivity contribution in [1.82, 2.24) is 5.23 Å². The highest BCUT2D eigenvalue weighted by Crippen LogP contribution is 2.13. The van der Waals surface area contributed by atoms with E-state index in [1.807, 2.05) is 0 Å². The summed E-state index contributed by atoms with van der Waals surface area (Å²) in [7, 11) is -0.478. The molecule has 0 radical (unpaired) electrons. The van der Waals surface area contributed by atoms with Crippen LogP contribution in [0.1, 0.15) is 26.7 Å². The SMILES string of the molecule is CB(O)NCC(CC#N)CC(C)C. The monoisotopic (exact) mass is 182 g/mol. The molecule has 0 amide bonds. The fraction of sp³-hybridized carbons (Fsp3) is 0.889. The molecule has 0 aromatic heterocycles. The first kappa shape index (κ1) is 12.5. The topological polar surface area (TPSA) is 56.0 Å². The fourth-order valence-electron chi connectivity index (χ4n) is 1.37. The predicted molar refractivity (Wildman–Crippen MR) is 55.0 cm³/mol. The van der Waals surface area contributed by atoms with Crippen molar-refractivity contribution in [2.45, 2.75) is 33.5 Å². The smallest absolute Gasteiger partial charge is 0.373 e. The van der Waals surface area contributed by atoms with Crippen LogP contribution < -0.4 is 5.23 Å². The number of hydrogen-bond donors (Lipinski definition) is 2. The molecule has 13 heavy (non-hydrogen) atoms. The highest BCUT2D eigenvalue weighted by molar-refractivity contribution is 6.45. The Bertz CT molecular complexity index is 165. The van der Waals surface area contributed by atoms with E-state index in [0.29, 0.717) is 18.3 Å². The normalized spacial score (nSPS) is 12.6. The van der Waals surface area contributed by atoms with E-state index >= 15 is 0 Å². The standard InChI is InChI=1S/C9H19BN2O/c1-8(2)6-9(4-5-11)7-12-10(3)13/h8-9,12-13H,4,6-7H2,1-3H3. The summed E-state index contributed by atoms with van der Waals surface area (Å²) < 4.78 is 0. The minimum atomic E-state index is -0.478. The molecular formula is C9H19BN2O. The lowest BCUT2D eigenvalue weighted by molar-refractivity contribution is 0.405. The van der Waals surface area contributed by atoms with Crippen LogP contribution in [-0.4, -0.2) is 18.6 Å². The van der Waals surface area contributed by atoms with Crippen molar-refractivity contribution in [2.75, 3.05) is 6.54 Å². The van der Waals surface area contributed by atoms with E-state index < -0.39 is 7.05 Å². The van der Waals surface area contributed by atoms with Crippen molar-refractivity contribution in [3.63, 3.8) is 0 Å². The van der Waals surface area contributed by atoms with Gasteiger partial charge < -0.3 is 10.3 Å². The van der Waals surface area contributed by atoms with Gasteiger partial charge in [0, 0.05) is 6.42 Å². The Labute approximate surface area is 81.3 Å². The number of nitriles is 1. The Balaban J connectivity index is 3.74. The summed E-state index contributed by atoms with van der Waals surface area (Å²) in [5, 5.41) is 20.5. The van der Waals surface area contributed by atoms with E-state index in [1.165, 1.54) is 0 Å². The average Bonchev–Trinajstić information content (AvgIpc) is 1.99. The zero-order valence-electron chi connectivity index (χ0n) is 8.75. The second-order valence-electron chi connectivity index (χ2n) is 3.94. The third-order valence-corrected chi connectivity index (χ3v) is 1.89. The number of hydrogen-bond acceptors (Lipinski definition) is 3. The second-order valence-corrected chi connectivity index (χ2v) is 3.94. The van der Waals surface area contributed by atoms with Crippen LogP contribution in [0.4, 0.5) is 0 Å². The minimum absolute atomic E-state index is 0.361. The van der Waals surface area contributed by atoms with Gasteiger partial charge >= 0.3 is 7.05 Å². The summed E-state index contributed by atoms with van der Waals surface area (Å²) in [5.74, 6) is 0.966. The van der Waals surface area contributed by atoms with Crippen molar-refractivity contribution in [3.05, 3.63) is 0 Å². The van der Waals surface area contributed by atoms with Gasteiger partial charge in [-0.15, -0.1) is 0 Å². The van der Waals surface area contributed by atoms with Crippen LogP contribution in [0.25, 0.3) is 0 Å². The van der Waals surface area contributed by atoms with Crippen LogP contribution in [-0.2, 0) is 0 Å². The van der Waals surface area contributed by atoms with Crippen molar-refractivity contribution < 1.29 is 5.02 Å². The summed E-state index contributed by atoms with van der Waals surface area (Å²) in [6.45, 7) is 6.71. The van der Waals surface area contributed by atoms with Gasteiger partial charge in [0.2, 0.25) is 0 Å². The van der Waals surface area contributed by atoms with Gasteiger partial charge in [-0.1, -0.05) is 13.8 Å². The highest BCUT2D eigenvalue weighted by Gasteiger charge is 2.12. The van der Waals surface area contributed by atoms with Gasteiger partial charge in [-0.05, 0) is 31.6 Å². The van der Waals surface area contributed by atoms with Gasteiger partial charge in [0.1, 0.15) is 0 Å². The molecule has 0 heterocycles. The summed E-state index contributed by atoms with van der Waals surface area (Å²) in [4.78, 5) is 0. The molecular weight excluding hydrogens is 163 g/mol. The molecule has 0 rings (SSSR count). The van der Waals surface area contributed by atoms with Gasteiger partial charge in [0.15, 0.2) is 0 Å². The second kappa shape index (κ2) is 6.93. The molecule has 0 bridgehead atoms. The van der Waals surface area contributed by atoms with Crippen molar-refractivity contribution in [2.24, 2.45) is 11.8 Å². The van der Waals surface area contributed by atoms with E-state index in [1.54, 1.807) is 6.82 Å². The van der Waals surface area contributed by atoms with Gasteiger partial charge in [-0.3, -0.25) is 0 Å². The molecule has 0 aliphatic carbocycles.